The van der Waals surface area contributed by atoms with Gasteiger partial charge in [0.15, 0.2) is 0 Å². The molecule has 2 heteroatoms. The molecule has 0 amide bonds. The minimum Gasteiger partial charge on any atom is -0.330 e. The minimum atomic E-state index is 0.809. The van der Waals surface area contributed by atoms with Crippen molar-refractivity contribution in [2.75, 3.05) is 6.54 Å². The fraction of sp³-hybridized carbons (Fsp3) is 1.00. The Balaban J connectivity index is 3.45. The molecule has 2 N–H and O–H groups in total. The van der Waals surface area contributed by atoms with E-state index in [0.717, 1.165) is 22.3 Å². The Labute approximate surface area is 129 Å². The van der Waals surface area contributed by atoms with E-state index in [9.17, 15) is 0 Å². The largest absolute Gasteiger partial charge is 0.330 e. The van der Waals surface area contributed by atoms with Crippen LogP contribution in [0.5, 0.6) is 0 Å². The first-order valence-corrected chi connectivity index (χ1v) is 9.22. The number of alkyl halides is 1. The monoisotopic (exact) mass is 367 g/mol. The molecule has 0 aliphatic heterocycles. The maximum absolute atomic E-state index is 5.49. The van der Waals surface area contributed by atoms with Crippen LogP contribution in [0.15, 0.2) is 0 Å². The Kier molecular flexibility index (Phi) is 13.2. The number of hydrogen-bond donors (Lipinski definition) is 1. The summed E-state index contributed by atoms with van der Waals surface area (Å²) in [5.41, 5.74) is 5.49. The standard InChI is InChI=1S/C16H34IN/c1-4-16(14(2)15(3)17)12-10-8-6-5-7-9-11-13-18/h14-16H,4-13,18H2,1-3H3/t14?,15-,16?/m0/s1. The number of halogens is 1. The topological polar surface area (TPSA) is 26.0 Å². The SMILES string of the molecule is CCC(CCCCCCCCCN)C(C)[C@H](C)I. The van der Waals surface area contributed by atoms with Crippen LogP contribution < -0.4 is 5.73 Å². The van der Waals surface area contributed by atoms with Gasteiger partial charge in [-0.2, -0.15) is 0 Å². The summed E-state index contributed by atoms with van der Waals surface area (Å²) in [5, 5.41) is 0. The molecule has 0 aliphatic rings. The summed E-state index contributed by atoms with van der Waals surface area (Å²) in [5.74, 6) is 1.81. The summed E-state index contributed by atoms with van der Waals surface area (Å²) in [7, 11) is 0. The molecule has 0 saturated heterocycles. The van der Waals surface area contributed by atoms with E-state index in [1.807, 2.05) is 0 Å². The molecule has 0 fully saturated rings. The summed E-state index contributed by atoms with van der Waals surface area (Å²) >= 11 is 2.58. The van der Waals surface area contributed by atoms with Gasteiger partial charge in [0.25, 0.3) is 0 Å². The van der Waals surface area contributed by atoms with Crippen molar-refractivity contribution in [1.29, 1.82) is 0 Å². The van der Waals surface area contributed by atoms with E-state index in [2.05, 4.69) is 43.4 Å². The third kappa shape index (κ3) is 9.60. The van der Waals surface area contributed by atoms with Crippen LogP contribution in [0.1, 0.15) is 78.6 Å². The Morgan fingerprint density at radius 3 is 1.83 bits per heavy atom. The van der Waals surface area contributed by atoms with Crippen molar-refractivity contribution in [3.05, 3.63) is 0 Å². The molecule has 0 aromatic carbocycles. The van der Waals surface area contributed by atoms with E-state index >= 15 is 0 Å². The molecule has 0 rings (SSSR count). The molecular weight excluding hydrogens is 333 g/mol. The molecule has 0 aromatic heterocycles. The van der Waals surface area contributed by atoms with Crippen LogP contribution in [-0.2, 0) is 0 Å². The zero-order valence-corrected chi connectivity index (χ0v) is 14.9. The zero-order valence-electron chi connectivity index (χ0n) is 12.8. The quantitative estimate of drug-likeness (QED) is 0.273. The maximum atomic E-state index is 5.49. The van der Waals surface area contributed by atoms with Gasteiger partial charge in [-0.1, -0.05) is 94.7 Å². The van der Waals surface area contributed by atoms with E-state index < -0.39 is 0 Å². The summed E-state index contributed by atoms with van der Waals surface area (Å²) in [6, 6.07) is 0. The van der Waals surface area contributed by atoms with Crippen LogP contribution in [0, 0.1) is 11.8 Å². The maximum Gasteiger partial charge on any atom is 0.0110 e. The Bertz CT molecular complexity index is 170. The first kappa shape index (κ1) is 18.7. The second-order valence-corrected chi connectivity index (χ2v) is 7.72. The van der Waals surface area contributed by atoms with Gasteiger partial charge in [0.2, 0.25) is 0 Å². The fourth-order valence-electron chi connectivity index (χ4n) is 2.65. The van der Waals surface area contributed by atoms with Crippen molar-refractivity contribution in [1.82, 2.24) is 0 Å². The summed E-state index contributed by atoms with van der Waals surface area (Å²) < 4.78 is 0.809. The first-order valence-electron chi connectivity index (χ1n) is 7.97. The molecule has 0 bridgehead atoms. The third-order valence-electron chi connectivity index (χ3n) is 4.27. The number of unbranched alkanes of at least 4 members (excludes halogenated alkanes) is 6. The van der Waals surface area contributed by atoms with Gasteiger partial charge >= 0.3 is 0 Å². The molecule has 0 radical (unpaired) electrons. The van der Waals surface area contributed by atoms with Crippen molar-refractivity contribution in [2.24, 2.45) is 17.6 Å². The molecule has 0 saturated carbocycles. The normalized spacial score (nSPS) is 16.5. The van der Waals surface area contributed by atoms with Crippen LogP contribution in [-0.4, -0.2) is 10.5 Å². The van der Waals surface area contributed by atoms with E-state index in [-0.39, 0.29) is 0 Å². The lowest BCUT2D eigenvalue weighted by molar-refractivity contribution is 0.318. The van der Waals surface area contributed by atoms with Gasteiger partial charge in [-0.3, -0.25) is 0 Å². The molecule has 1 nitrogen and oxygen atoms in total. The van der Waals surface area contributed by atoms with E-state index in [1.54, 1.807) is 0 Å². The van der Waals surface area contributed by atoms with Crippen LogP contribution in [0.25, 0.3) is 0 Å². The molecule has 110 valence electrons. The van der Waals surface area contributed by atoms with E-state index in [1.165, 1.54) is 57.8 Å². The van der Waals surface area contributed by atoms with Crippen molar-refractivity contribution < 1.29 is 0 Å². The highest BCUT2D eigenvalue weighted by molar-refractivity contribution is 14.1. The minimum absolute atomic E-state index is 0.809. The zero-order chi connectivity index (χ0) is 13.8. The predicted octanol–water partition coefficient (Wildman–Crippen LogP) is 5.55. The highest BCUT2D eigenvalue weighted by atomic mass is 127. The second-order valence-electron chi connectivity index (χ2n) is 5.76. The first-order chi connectivity index (χ1) is 8.63. The van der Waals surface area contributed by atoms with Gasteiger partial charge in [0.1, 0.15) is 0 Å². The molecule has 0 aliphatic carbocycles. The lowest BCUT2D eigenvalue weighted by Crippen LogP contribution is -2.18. The molecule has 18 heavy (non-hydrogen) atoms. The van der Waals surface area contributed by atoms with Crippen LogP contribution in [0.3, 0.4) is 0 Å². The van der Waals surface area contributed by atoms with E-state index in [4.69, 9.17) is 5.73 Å². The molecular formula is C16H34IN. The summed E-state index contributed by atoms with van der Waals surface area (Å²) in [6.07, 6.45) is 12.4. The van der Waals surface area contributed by atoms with Gasteiger partial charge in [-0.15, -0.1) is 0 Å². The van der Waals surface area contributed by atoms with E-state index in [0.29, 0.717) is 0 Å². The number of nitrogens with two attached hydrogens (primary N) is 1. The third-order valence-corrected chi connectivity index (χ3v) is 5.41. The predicted molar refractivity (Wildman–Crippen MR) is 92.4 cm³/mol. The second kappa shape index (κ2) is 12.7. The Morgan fingerprint density at radius 2 is 1.39 bits per heavy atom. The smallest absolute Gasteiger partial charge is 0.0110 e. The average Bonchev–Trinajstić information content (AvgIpc) is 2.36. The molecule has 3 atom stereocenters. The number of hydrogen-bond acceptors (Lipinski definition) is 1. The summed E-state index contributed by atoms with van der Waals surface area (Å²) in [6.45, 7) is 8.00. The Morgan fingerprint density at radius 1 is 0.889 bits per heavy atom. The van der Waals surface area contributed by atoms with Crippen LogP contribution >= 0.6 is 22.6 Å². The van der Waals surface area contributed by atoms with Gasteiger partial charge in [-0.05, 0) is 24.8 Å². The highest BCUT2D eigenvalue weighted by Crippen LogP contribution is 2.28. The molecule has 0 heterocycles. The molecule has 2 unspecified atom stereocenters. The highest BCUT2D eigenvalue weighted by Gasteiger charge is 2.18. The van der Waals surface area contributed by atoms with Crippen molar-refractivity contribution in [2.45, 2.75) is 82.5 Å². The lowest BCUT2D eigenvalue weighted by Gasteiger charge is -2.25. The van der Waals surface area contributed by atoms with Crippen LogP contribution in [0.2, 0.25) is 0 Å². The van der Waals surface area contributed by atoms with Crippen molar-refractivity contribution >= 4 is 22.6 Å². The van der Waals surface area contributed by atoms with Crippen molar-refractivity contribution in [3.63, 3.8) is 0 Å². The van der Waals surface area contributed by atoms with Gasteiger partial charge in [-0.25, -0.2) is 0 Å². The molecule has 0 aromatic rings. The number of rotatable bonds is 12. The summed E-state index contributed by atoms with van der Waals surface area (Å²) in [4.78, 5) is 0. The van der Waals surface area contributed by atoms with Crippen molar-refractivity contribution in [3.8, 4) is 0 Å². The molecule has 0 spiro atoms. The van der Waals surface area contributed by atoms with Gasteiger partial charge in [0.05, 0.1) is 0 Å². The van der Waals surface area contributed by atoms with Gasteiger partial charge < -0.3 is 5.73 Å². The average molecular weight is 367 g/mol. The van der Waals surface area contributed by atoms with Gasteiger partial charge in [0, 0.05) is 3.92 Å². The lowest BCUT2D eigenvalue weighted by atomic mass is 9.85. The Hall–Kier alpha value is 0.690. The van der Waals surface area contributed by atoms with Crippen LogP contribution in [0.4, 0.5) is 0 Å². The fourth-order valence-corrected chi connectivity index (χ4v) is 3.24.